The Hall–Kier alpha value is -1.50. The van der Waals surface area contributed by atoms with Crippen molar-refractivity contribution < 1.29 is 9.57 Å². The summed E-state index contributed by atoms with van der Waals surface area (Å²) in [6.07, 6.45) is 2.35. The number of aliphatic imine (C=N–C) groups is 1. The van der Waals surface area contributed by atoms with Gasteiger partial charge in [-0.15, -0.1) is 12.4 Å². The molecule has 7 heteroatoms. The third kappa shape index (κ3) is 2.28. The van der Waals surface area contributed by atoms with Gasteiger partial charge >= 0.3 is 0 Å². The van der Waals surface area contributed by atoms with E-state index >= 15 is 0 Å². The maximum absolute atomic E-state index is 6.01. The van der Waals surface area contributed by atoms with Gasteiger partial charge in [-0.05, 0) is 38.1 Å². The fourth-order valence-corrected chi connectivity index (χ4v) is 4.09. The Morgan fingerprint density at radius 3 is 2.91 bits per heavy atom. The van der Waals surface area contributed by atoms with E-state index in [9.17, 15) is 0 Å². The van der Waals surface area contributed by atoms with Crippen molar-refractivity contribution in [3.8, 4) is 5.75 Å². The molecule has 23 heavy (non-hydrogen) atoms. The average Bonchev–Trinajstić information content (AvgIpc) is 2.99. The van der Waals surface area contributed by atoms with Crippen LogP contribution in [-0.4, -0.2) is 49.2 Å². The SMILES string of the molecule is Cl.c1cc2c(c(C3=NC4(CN5CCC4CC5)ON3)c1)NCCO2. The van der Waals surface area contributed by atoms with Crippen LogP contribution >= 0.6 is 12.4 Å². The van der Waals surface area contributed by atoms with Crippen LogP contribution in [0.25, 0.3) is 0 Å². The van der Waals surface area contributed by atoms with Gasteiger partial charge < -0.3 is 10.1 Å². The van der Waals surface area contributed by atoms with Gasteiger partial charge in [-0.25, -0.2) is 15.3 Å². The van der Waals surface area contributed by atoms with Gasteiger partial charge in [0.2, 0.25) is 5.72 Å². The Morgan fingerprint density at radius 1 is 1.26 bits per heavy atom. The zero-order valence-electron chi connectivity index (χ0n) is 12.9. The smallest absolute Gasteiger partial charge is 0.202 e. The second-order valence-electron chi connectivity index (χ2n) is 6.51. The first-order chi connectivity index (χ1) is 10.8. The lowest BCUT2D eigenvalue weighted by atomic mass is 9.81. The number of nitrogens with one attached hydrogen (secondary N) is 2. The monoisotopic (exact) mass is 336 g/mol. The number of nitrogens with zero attached hydrogens (tertiary/aromatic N) is 2. The summed E-state index contributed by atoms with van der Waals surface area (Å²) in [5.74, 6) is 2.23. The van der Waals surface area contributed by atoms with Crippen molar-refractivity contribution in [1.29, 1.82) is 0 Å². The summed E-state index contributed by atoms with van der Waals surface area (Å²) in [5.41, 5.74) is 4.75. The fraction of sp³-hybridized carbons (Fsp3) is 0.562. The standard InChI is InChI=1S/C16H20N4O2.ClH/c1-2-12(14-13(3-1)21-9-6-17-14)15-18-16(22-19-15)10-20-7-4-11(16)5-8-20;/h1-3,11,17H,4-10H2,(H,18,19);1H. The molecule has 2 N–H and O–H groups in total. The number of anilines is 1. The van der Waals surface area contributed by atoms with E-state index in [1.807, 2.05) is 12.1 Å². The van der Waals surface area contributed by atoms with Crippen LogP contribution in [0.4, 0.5) is 5.69 Å². The molecule has 2 bridgehead atoms. The summed E-state index contributed by atoms with van der Waals surface area (Å²) in [5, 5.41) is 3.42. The van der Waals surface area contributed by atoms with Crippen molar-refractivity contribution in [3.05, 3.63) is 23.8 Å². The first kappa shape index (κ1) is 15.1. The Kier molecular flexibility index (Phi) is 3.63. The van der Waals surface area contributed by atoms with Crippen LogP contribution in [0.15, 0.2) is 23.2 Å². The minimum Gasteiger partial charge on any atom is -0.490 e. The minimum atomic E-state index is -0.399. The Balaban J connectivity index is 0.00000135. The highest BCUT2D eigenvalue weighted by Gasteiger charge is 2.51. The number of benzene rings is 1. The Bertz CT molecular complexity index is 645. The van der Waals surface area contributed by atoms with E-state index in [0.29, 0.717) is 12.5 Å². The second-order valence-corrected chi connectivity index (χ2v) is 6.51. The van der Waals surface area contributed by atoms with Gasteiger partial charge in [-0.2, -0.15) is 0 Å². The lowest BCUT2D eigenvalue weighted by Crippen LogP contribution is -2.58. The third-order valence-electron chi connectivity index (χ3n) is 5.24. The molecule has 1 atom stereocenters. The van der Waals surface area contributed by atoms with Gasteiger partial charge in [0.15, 0.2) is 5.84 Å². The highest BCUT2D eigenvalue weighted by Crippen LogP contribution is 2.42. The summed E-state index contributed by atoms with van der Waals surface area (Å²) >= 11 is 0. The molecule has 1 aromatic rings. The predicted molar refractivity (Wildman–Crippen MR) is 90.3 cm³/mol. The molecule has 5 aliphatic heterocycles. The summed E-state index contributed by atoms with van der Waals surface area (Å²) in [4.78, 5) is 13.4. The van der Waals surface area contributed by atoms with Crippen molar-refractivity contribution in [2.45, 2.75) is 18.6 Å². The molecular weight excluding hydrogens is 316 g/mol. The molecule has 0 amide bonds. The van der Waals surface area contributed by atoms with Crippen molar-refractivity contribution >= 4 is 23.9 Å². The Labute approximate surface area is 141 Å². The van der Waals surface area contributed by atoms with Gasteiger partial charge in [-0.3, -0.25) is 4.90 Å². The summed E-state index contributed by atoms with van der Waals surface area (Å²) in [7, 11) is 0. The van der Waals surface area contributed by atoms with E-state index in [1.165, 1.54) is 25.9 Å². The molecule has 0 saturated carbocycles. The van der Waals surface area contributed by atoms with E-state index in [4.69, 9.17) is 14.6 Å². The number of halogens is 1. The lowest BCUT2D eigenvalue weighted by Gasteiger charge is -2.47. The molecule has 3 fully saturated rings. The number of hydrogen-bond donors (Lipinski definition) is 2. The topological polar surface area (TPSA) is 58.1 Å². The zero-order chi connectivity index (χ0) is 14.6. The molecule has 6 rings (SSSR count). The number of hydrogen-bond acceptors (Lipinski definition) is 6. The molecule has 0 radical (unpaired) electrons. The molecule has 5 aliphatic rings. The zero-order valence-corrected chi connectivity index (χ0v) is 13.7. The van der Waals surface area contributed by atoms with Gasteiger partial charge in [0, 0.05) is 18.0 Å². The largest absolute Gasteiger partial charge is 0.490 e. The van der Waals surface area contributed by atoms with Crippen LogP contribution in [0.2, 0.25) is 0 Å². The van der Waals surface area contributed by atoms with Crippen LogP contribution < -0.4 is 15.5 Å². The molecule has 1 spiro atoms. The van der Waals surface area contributed by atoms with E-state index in [0.717, 1.165) is 35.9 Å². The number of rotatable bonds is 1. The van der Waals surface area contributed by atoms with E-state index in [2.05, 4.69) is 21.8 Å². The van der Waals surface area contributed by atoms with E-state index in [1.54, 1.807) is 0 Å². The number of fused-ring (bicyclic) bond motifs is 3. The van der Waals surface area contributed by atoms with Crippen LogP contribution in [0.3, 0.4) is 0 Å². The quantitative estimate of drug-likeness (QED) is 0.816. The van der Waals surface area contributed by atoms with E-state index in [-0.39, 0.29) is 12.4 Å². The molecule has 1 aromatic carbocycles. The van der Waals surface area contributed by atoms with Crippen LogP contribution in [-0.2, 0) is 4.84 Å². The molecule has 1 unspecified atom stereocenters. The van der Waals surface area contributed by atoms with Crippen molar-refractivity contribution in [3.63, 3.8) is 0 Å². The molecule has 5 heterocycles. The molecular formula is C16H21ClN4O2. The summed E-state index contributed by atoms with van der Waals surface area (Å²) in [6, 6.07) is 6.06. The lowest BCUT2D eigenvalue weighted by molar-refractivity contribution is -0.155. The predicted octanol–water partition coefficient (Wildman–Crippen LogP) is 1.62. The Morgan fingerprint density at radius 2 is 2.13 bits per heavy atom. The van der Waals surface area contributed by atoms with Crippen molar-refractivity contribution in [2.24, 2.45) is 10.9 Å². The number of para-hydroxylation sites is 1. The van der Waals surface area contributed by atoms with Crippen molar-refractivity contribution in [1.82, 2.24) is 10.4 Å². The molecule has 124 valence electrons. The molecule has 0 aliphatic carbocycles. The first-order valence-electron chi connectivity index (χ1n) is 8.10. The van der Waals surface area contributed by atoms with E-state index < -0.39 is 5.72 Å². The highest BCUT2D eigenvalue weighted by molar-refractivity contribution is 6.05. The average molecular weight is 337 g/mol. The normalized spacial score (nSPS) is 33.8. The number of hydroxylamine groups is 1. The van der Waals surface area contributed by atoms with Gasteiger partial charge in [-0.1, -0.05) is 6.07 Å². The first-order valence-corrected chi connectivity index (χ1v) is 8.10. The van der Waals surface area contributed by atoms with Gasteiger partial charge in [0.1, 0.15) is 12.4 Å². The minimum absolute atomic E-state index is 0. The van der Waals surface area contributed by atoms with Crippen molar-refractivity contribution in [2.75, 3.05) is 38.1 Å². The third-order valence-corrected chi connectivity index (χ3v) is 5.24. The maximum atomic E-state index is 6.01. The molecule has 6 nitrogen and oxygen atoms in total. The van der Waals surface area contributed by atoms with Crippen LogP contribution in [0.5, 0.6) is 5.75 Å². The number of piperidine rings is 3. The second kappa shape index (κ2) is 5.54. The summed E-state index contributed by atoms with van der Waals surface area (Å²) in [6.45, 7) is 4.77. The number of ether oxygens (including phenoxy) is 1. The summed E-state index contributed by atoms with van der Waals surface area (Å²) < 4.78 is 5.72. The maximum Gasteiger partial charge on any atom is 0.202 e. The van der Waals surface area contributed by atoms with Gasteiger partial charge in [0.25, 0.3) is 0 Å². The van der Waals surface area contributed by atoms with Gasteiger partial charge in [0.05, 0.1) is 12.2 Å². The van der Waals surface area contributed by atoms with Crippen LogP contribution in [0, 0.1) is 5.92 Å². The van der Waals surface area contributed by atoms with Crippen LogP contribution in [0.1, 0.15) is 18.4 Å². The fourth-order valence-electron chi connectivity index (χ4n) is 4.09. The molecule has 0 aromatic heterocycles. The molecule has 3 saturated heterocycles. The highest BCUT2D eigenvalue weighted by atomic mass is 35.5. The number of amidine groups is 1.